The van der Waals surface area contributed by atoms with Gasteiger partial charge in [0.15, 0.2) is 0 Å². The smallest absolute Gasteiger partial charge is 0.139 e. The van der Waals surface area contributed by atoms with Crippen LogP contribution in [0, 0.1) is 6.92 Å². The van der Waals surface area contributed by atoms with E-state index in [0.717, 1.165) is 41.7 Å². The van der Waals surface area contributed by atoms with Crippen LogP contribution in [0.25, 0.3) is 0 Å². The quantitative estimate of drug-likeness (QED) is 0.867. The Morgan fingerprint density at radius 2 is 1.80 bits per heavy atom. The van der Waals surface area contributed by atoms with E-state index in [0.29, 0.717) is 5.02 Å². The van der Waals surface area contributed by atoms with E-state index in [4.69, 9.17) is 11.6 Å². The Labute approximate surface area is 124 Å². The van der Waals surface area contributed by atoms with Crippen molar-refractivity contribution in [3.8, 4) is 0 Å². The van der Waals surface area contributed by atoms with E-state index in [1.54, 1.807) is 0 Å². The van der Waals surface area contributed by atoms with Crippen molar-refractivity contribution in [3.05, 3.63) is 40.7 Å². The van der Waals surface area contributed by atoms with Gasteiger partial charge in [0.05, 0.1) is 10.7 Å². The van der Waals surface area contributed by atoms with Crippen LogP contribution in [0.4, 0.5) is 17.3 Å². The van der Waals surface area contributed by atoms with Gasteiger partial charge >= 0.3 is 0 Å². The minimum atomic E-state index is 0.675. The van der Waals surface area contributed by atoms with Crippen LogP contribution in [0.15, 0.2) is 24.3 Å². The molecule has 0 saturated carbocycles. The summed E-state index contributed by atoms with van der Waals surface area (Å²) in [6.45, 7) is 6.91. The van der Waals surface area contributed by atoms with Gasteiger partial charge in [-0.25, -0.2) is 9.97 Å². The largest absolute Gasteiger partial charge is 0.370 e. The van der Waals surface area contributed by atoms with E-state index in [2.05, 4.69) is 20.6 Å². The van der Waals surface area contributed by atoms with Crippen LogP contribution >= 0.6 is 11.6 Å². The van der Waals surface area contributed by atoms with Crippen molar-refractivity contribution in [2.24, 2.45) is 0 Å². The molecule has 5 heteroatoms. The first kappa shape index (κ1) is 14.6. The summed E-state index contributed by atoms with van der Waals surface area (Å²) >= 11 is 6.18. The van der Waals surface area contributed by atoms with Crippen molar-refractivity contribution in [3.63, 3.8) is 0 Å². The fourth-order valence-electron chi connectivity index (χ4n) is 1.87. The molecular weight excluding hydrogens is 272 g/mol. The first-order valence-corrected chi connectivity index (χ1v) is 7.16. The highest BCUT2D eigenvalue weighted by atomic mass is 35.5. The number of nitrogens with one attached hydrogen (secondary N) is 2. The fourth-order valence-corrected chi connectivity index (χ4v) is 2.06. The number of nitrogens with zero attached hydrogens (tertiary/aromatic N) is 2. The maximum absolute atomic E-state index is 6.18. The van der Waals surface area contributed by atoms with E-state index in [1.165, 1.54) is 0 Å². The molecule has 0 unspecified atom stereocenters. The Hall–Kier alpha value is -1.81. The van der Waals surface area contributed by atoms with E-state index in [1.807, 2.05) is 45.0 Å². The predicted molar refractivity (Wildman–Crippen MR) is 85.0 cm³/mol. The van der Waals surface area contributed by atoms with Crippen LogP contribution in [0.5, 0.6) is 0 Å². The second-order valence-corrected chi connectivity index (χ2v) is 4.86. The van der Waals surface area contributed by atoms with Crippen LogP contribution in [0.3, 0.4) is 0 Å². The zero-order valence-corrected chi connectivity index (χ0v) is 12.8. The maximum Gasteiger partial charge on any atom is 0.139 e. The molecule has 2 rings (SSSR count). The molecule has 1 aromatic heterocycles. The third-order valence-electron chi connectivity index (χ3n) is 2.98. The number of para-hydroxylation sites is 1. The lowest BCUT2D eigenvalue weighted by Crippen LogP contribution is -2.09. The molecule has 0 atom stereocenters. The van der Waals surface area contributed by atoms with Gasteiger partial charge in [0.25, 0.3) is 0 Å². The second-order valence-electron chi connectivity index (χ2n) is 4.45. The van der Waals surface area contributed by atoms with E-state index in [-0.39, 0.29) is 0 Å². The molecule has 0 bridgehead atoms. The summed E-state index contributed by atoms with van der Waals surface area (Å²) in [4.78, 5) is 9.06. The molecule has 0 spiro atoms. The molecule has 20 heavy (non-hydrogen) atoms. The van der Waals surface area contributed by atoms with Crippen LogP contribution in [-0.4, -0.2) is 16.5 Å². The van der Waals surface area contributed by atoms with Gasteiger partial charge in [-0.3, -0.25) is 0 Å². The second kappa shape index (κ2) is 6.57. The summed E-state index contributed by atoms with van der Waals surface area (Å²) in [5.74, 6) is 2.47. The molecule has 2 N–H and O–H groups in total. The lowest BCUT2D eigenvalue weighted by Gasteiger charge is -2.14. The predicted octanol–water partition coefficient (Wildman–Crippen LogP) is 4.18. The fraction of sp³-hybridized carbons (Fsp3) is 0.333. The number of aryl methyl sites for hydroxylation is 1. The topological polar surface area (TPSA) is 49.8 Å². The number of halogens is 1. The molecule has 1 aromatic carbocycles. The molecule has 0 aliphatic carbocycles. The molecule has 2 aromatic rings. The van der Waals surface area contributed by atoms with Gasteiger partial charge in [-0.15, -0.1) is 0 Å². The van der Waals surface area contributed by atoms with Gasteiger partial charge in [-0.05, 0) is 26.0 Å². The first-order chi connectivity index (χ1) is 9.65. The number of rotatable bonds is 5. The van der Waals surface area contributed by atoms with Gasteiger partial charge < -0.3 is 10.6 Å². The summed E-state index contributed by atoms with van der Waals surface area (Å²) in [5, 5.41) is 7.23. The van der Waals surface area contributed by atoms with Gasteiger partial charge in [0.1, 0.15) is 17.5 Å². The highest BCUT2D eigenvalue weighted by Crippen LogP contribution is 2.28. The van der Waals surface area contributed by atoms with Crippen LogP contribution < -0.4 is 10.6 Å². The SMILES string of the molecule is CCNc1nc(CC)nc(Nc2ccccc2Cl)c1C. The highest BCUT2D eigenvalue weighted by Gasteiger charge is 2.11. The minimum Gasteiger partial charge on any atom is -0.370 e. The molecule has 4 nitrogen and oxygen atoms in total. The summed E-state index contributed by atoms with van der Waals surface area (Å²) in [6.07, 6.45) is 0.788. The zero-order chi connectivity index (χ0) is 14.5. The van der Waals surface area contributed by atoms with Crippen molar-refractivity contribution in [2.75, 3.05) is 17.2 Å². The van der Waals surface area contributed by atoms with Gasteiger partial charge in [-0.1, -0.05) is 30.7 Å². The number of hydrogen-bond acceptors (Lipinski definition) is 4. The molecule has 0 aliphatic rings. The number of benzene rings is 1. The molecule has 0 aliphatic heterocycles. The highest BCUT2D eigenvalue weighted by molar-refractivity contribution is 6.33. The maximum atomic E-state index is 6.18. The normalized spacial score (nSPS) is 10.4. The van der Waals surface area contributed by atoms with Gasteiger partial charge in [-0.2, -0.15) is 0 Å². The van der Waals surface area contributed by atoms with Crippen molar-refractivity contribution >= 4 is 28.9 Å². The third kappa shape index (κ3) is 3.20. The van der Waals surface area contributed by atoms with Crippen LogP contribution in [0.2, 0.25) is 5.02 Å². The van der Waals surface area contributed by atoms with Crippen molar-refractivity contribution in [1.82, 2.24) is 9.97 Å². The van der Waals surface area contributed by atoms with Crippen molar-refractivity contribution in [2.45, 2.75) is 27.2 Å². The molecule has 0 saturated heterocycles. The molecule has 0 amide bonds. The monoisotopic (exact) mass is 290 g/mol. The minimum absolute atomic E-state index is 0.675. The lowest BCUT2D eigenvalue weighted by molar-refractivity contribution is 0.930. The average Bonchev–Trinajstić information content (AvgIpc) is 2.45. The molecular formula is C15H19ClN4. The zero-order valence-electron chi connectivity index (χ0n) is 12.0. The Balaban J connectivity index is 2.40. The summed E-state index contributed by atoms with van der Waals surface area (Å²) in [6, 6.07) is 7.63. The van der Waals surface area contributed by atoms with E-state index < -0.39 is 0 Å². The summed E-state index contributed by atoms with van der Waals surface area (Å²) < 4.78 is 0. The Morgan fingerprint density at radius 1 is 1.10 bits per heavy atom. The Kier molecular flexibility index (Phi) is 4.79. The Bertz CT molecular complexity index is 598. The molecule has 0 fully saturated rings. The van der Waals surface area contributed by atoms with Crippen LogP contribution in [0.1, 0.15) is 25.2 Å². The first-order valence-electron chi connectivity index (χ1n) is 6.78. The molecule has 0 radical (unpaired) electrons. The summed E-state index contributed by atoms with van der Waals surface area (Å²) in [5.41, 5.74) is 1.84. The number of anilines is 3. The van der Waals surface area contributed by atoms with Gasteiger partial charge in [0, 0.05) is 18.5 Å². The van der Waals surface area contributed by atoms with Gasteiger partial charge in [0.2, 0.25) is 0 Å². The molecule has 106 valence electrons. The van der Waals surface area contributed by atoms with Crippen LogP contribution in [-0.2, 0) is 6.42 Å². The van der Waals surface area contributed by atoms with Crippen molar-refractivity contribution in [1.29, 1.82) is 0 Å². The molecule has 1 heterocycles. The number of aromatic nitrogens is 2. The Morgan fingerprint density at radius 3 is 2.45 bits per heavy atom. The van der Waals surface area contributed by atoms with Crippen molar-refractivity contribution < 1.29 is 0 Å². The average molecular weight is 291 g/mol. The number of hydrogen-bond donors (Lipinski definition) is 2. The van der Waals surface area contributed by atoms with E-state index in [9.17, 15) is 0 Å². The third-order valence-corrected chi connectivity index (χ3v) is 3.31. The van der Waals surface area contributed by atoms with E-state index >= 15 is 0 Å². The lowest BCUT2D eigenvalue weighted by atomic mass is 10.2. The standard InChI is InChI=1S/C15H19ClN4/c1-4-13-19-14(17-5-2)10(3)15(20-13)18-12-9-7-6-8-11(12)16/h6-9H,4-5H2,1-3H3,(H2,17,18,19,20). The summed E-state index contributed by atoms with van der Waals surface area (Å²) in [7, 11) is 0.